The molecule has 0 unspecified atom stereocenters. The Balaban J connectivity index is 1.41. The first kappa shape index (κ1) is 33.5. The van der Waals surface area contributed by atoms with Crippen LogP contribution < -0.4 is 4.18 Å². The van der Waals surface area contributed by atoms with Crippen LogP contribution in [0.15, 0.2) is 113 Å². The van der Waals surface area contributed by atoms with E-state index in [1.54, 1.807) is 30.3 Å². The number of hydrogen-bond donors (Lipinski definition) is 1. The van der Waals surface area contributed by atoms with Gasteiger partial charge >= 0.3 is 15.6 Å². The number of halogens is 4. The molecule has 0 aromatic heterocycles. The van der Waals surface area contributed by atoms with Crippen LogP contribution in [0.5, 0.6) is 5.75 Å². The molecular formula is C31H29ClF3NO6S2. The van der Waals surface area contributed by atoms with Gasteiger partial charge < -0.3 is 9.29 Å². The molecule has 1 N–H and O–H groups in total. The van der Waals surface area contributed by atoms with Crippen molar-refractivity contribution >= 4 is 31.6 Å². The summed E-state index contributed by atoms with van der Waals surface area (Å²) in [5.74, 6) is -0.777. The third-order valence-corrected chi connectivity index (χ3v) is 9.67. The molecule has 0 aliphatic rings. The Kier molecular flexibility index (Phi) is 10.7. The highest BCUT2D eigenvalue weighted by atomic mass is 35.5. The molecule has 0 amide bonds. The van der Waals surface area contributed by atoms with Gasteiger partial charge in [-0.2, -0.15) is 21.6 Å². The molecule has 0 bridgehead atoms. The molecule has 7 nitrogen and oxygen atoms in total. The molecule has 0 fully saturated rings. The summed E-state index contributed by atoms with van der Waals surface area (Å²) >= 11 is 6.10. The van der Waals surface area contributed by atoms with Crippen LogP contribution in [-0.2, 0) is 32.9 Å². The minimum atomic E-state index is -5.96. The maximum atomic E-state index is 13.1. The first-order valence-corrected chi connectivity index (χ1v) is 16.7. The summed E-state index contributed by atoms with van der Waals surface area (Å²) in [5, 5.41) is 11.4. The van der Waals surface area contributed by atoms with Gasteiger partial charge in [0.25, 0.3) is 0 Å². The lowest BCUT2D eigenvalue weighted by atomic mass is 10.1. The van der Waals surface area contributed by atoms with Gasteiger partial charge in [0.2, 0.25) is 9.84 Å². The lowest BCUT2D eigenvalue weighted by Gasteiger charge is -2.25. The molecule has 0 heterocycles. The van der Waals surface area contributed by atoms with E-state index in [0.717, 1.165) is 35.4 Å². The van der Waals surface area contributed by atoms with Crippen LogP contribution in [0.25, 0.3) is 0 Å². The van der Waals surface area contributed by atoms with Gasteiger partial charge in [0.1, 0.15) is 5.75 Å². The summed E-state index contributed by atoms with van der Waals surface area (Å²) in [6.45, 7) is 1.63. The van der Waals surface area contributed by atoms with Crippen molar-refractivity contribution in [2.45, 2.75) is 40.8 Å². The van der Waals surface area contributed by atoms with E-state index in [1.165, 1.54) is 12.1 Å². The topological polar surface area (TPSA) is 101 Å². The summed E-state index contributed by atoms with van der Waals surface area (Å²) in [6, 6.07) is 26.9. The van der Waals surface area contributed by atoms with Crippen LogP contribution in [0.1, 0.15) is 29.2 Å². The molecule has 0 aliphatic heterocycles. The number of aliphatic hydroxyl groups excluding tert-OH is 1. The molecular weight excluding hydrogens is 639 g/mol. The van der Waals surface area contributed by atoms with E-state index < -0.39 is 42.2 Å². The number of benzene rings is 4. The van der Waals surface area contributed by atoms with Crippen LogP contribution in [0, 0.1) is 0 Å². The SMILES string of the molecule is O=S(=O)(c1ccc(CCCN(Cc2ccccc2)C[C@H](O)c2cccc(Cl)c2)cc1)c1cccc(OS(=O)(=O)C(F)(F)F)c1. The molecule has 0 radical (unpaired) electrons. The summed E-state index contributed by atoms with van der Waals surface area (Å²) in [6.07, 6.45) is 0.561. The number of hydrogen-bond acceptors (Lipinski definition) is 7. The van der Waals surface area contributed by atoms with Gasteiger partial charge in [-0.05, 0) is 72.5 Å². The first-order chi connectivity index (χ1) is 20.7. The minimum absolute atomic E-state index is 0.118. The maximum Gasteiger partial charge on any atom is 0.534 e. The van der Waals surface area contributed by atoms with E-state index in [9.17, 15) is 35.1 Å². The highest BCUT2D eigenvalue weighted by molar-refractivity contribution is 7.91. The second kappa shape index (κ2) is 14.1. The average molecular weight is 668 g/mol. The lowest BCUT2D eigenvalue weighted by Crippen LogP contribution is -2.29. The summed E-state index contributed by atoms with van der Waals surface area (Å²) in [7, 11) is -10.1. The zero-order valence-electron chi connectivity index (χ0n) is 23.2. The Bertz CT molecular complexity index is 1770. The van der Waals surface area contributed by atoms with E-state index in [0.29, 0.717) is 43.1 Å². The molecule has 44 heavy (non-hydrogen) atoms. The van der Waals surface area contributed by atoms with E-state index >= 15 is 0 Å². The summed E-state index contributed by atoms with van der Waals surface area (Å²) in [4.78, 5) is 1.59. The van der Waals surface area contributed by atoms with Gasteiger partial charge in [0.05, 0.1) is 15.9 Å². The molecule has 13 heteroatoms. The van der Waals surface area contributed by atoms with Gasteiger partial charge in [-0.3, -0.25) is 4.90 Å². The van der Waals surface area contributed by atoms with Crippen LogP contribution >= 0.6 is 11.6 Å². The Hall–Kier alpha value is -3.42. The van der Waals surface area contributed by atoms with Crippen molar-refractivity contribution in [1.29, 1.82) is 0 Å². The number of aliphatic hydroxyl groups is 1. The van der Waals surface area contributed by atoms with Gasteiger partial charge in [0.15, 0.2) is 0 Å². The van der Waals surface area contributed by atoms with Crippen LogP contribution in [0.2, 0.25) is 5.02 Å². The number of nitrogens with zero attached hydrogens (tertiary/aromatic N) is 1. The maximum absolute atomic E-state index is 13.1. The van der Waals surface area contributed by atoms with Crippen LogP contribution in [-0.4, -0.2) is 45.4 Å². The Labute approximate surface area is 259 Å². The third-order valence-electron chi connectivity index (χ3n) is 6.69. The molecule has 4 rings (SSSR count). The van der Waals surface area contributed by atoms with Gasteiger partial charge in [-0.25, -0.2) is 8.42 Å². The van der Waals surface area contributed by atoms with Gasteiger partial charge in [0, 0.05) is 24.2 Å². The third kappa shape index (κ3) is 8.82. The Morgan fingerprint density at radius 1 is 0.795 bits per heavy atom. The van der Waals surface area contributed by atoms with Crippen molar-refractivity contribution in [3.63, 3.8) is 0 Å². The largest absolute Gasteiger partial charge is 0.534 e. The van der Waals surface area contributed by atoms with E-state index in [2.05, 4.69) is 9.08 Å². The molecule has 0 spiro atoms. The van der Waals surface area contributed by atoms with Crippen molar-refractivity contribution in [1.82, 2.24) is 4.90 Å². The summed E-state index contributed by atoms with van der Waals surface area (Å²) in [5.41, 5.74) is -3.00. The predicted octanol–water partition coefficient (Wildman–Crippen LogP) is 6.57. The zero-order valence-corrected chi connectivity index (χ0v) is 25.6. The van der Waals surface area contributed by atoms with Gasteiger partial charge in [-0.15, -0.1) is 0 Å². The molecule has 234 valence electrons. The normalized spacial score (nSPS) is 13.1. The molecule has 0 aliphatic carbocycles. The monoisotopic (exact) mass is 667 g/mol. The smallest absolute Gasteiger partial charge is 0.387 e. The highest BCUT2D eigenvalue weighted by Crippen LogP contribution is 2.30. The van der Waals surface area contributed by atoms with Crippen molar-refractivity contribution in [2.75, 3.05) is 13.1 Å². The van der Waals surface area contributed by atoms with Crippen LogP contribution in [0.3, 0.4) is 0 Å². The quantitative estimate of drug-likeness (QED) is 0.127. The number of aryl methyl sites for hydroxylation is 1. The number of sulfone groups is 1. The Morgan fingerprint density at radius 2 is 1.48 bits per heavy atom. The predicted molar refractivity (Wildman–Crippen MR) is 160 cm³/mol. The van der Waals surface area contributed by atoms with Crippen molar-refractivity contribution in [2.24, 2.45) is 0 Å². The van der Waals surface area contributed by atoms with Crippen molar-refractivity contribution in [3.05, 3.63) is 125 Å². The lowest BCUT2D eigenvalue weighted by molar-refractivity contribution is -0.0500. The van der Waals surface area contributed by atoms with E-state index in [4.69, 9.17) is 11.6 Å². The highest BCUT2D eigenvalue weighted by Gasteiger charge is 2.48. The average Bonchev–Trinajstić information content (AvgIpc) is 2.97. The Morgan fingerprint density at radius 3 is 2.14 bits per heavy atom. The minimum Gasteiger partial charge on any atom is -0.387 e. The second-order valence-corrected chi connectivity index (χ2v) is 13.9. The molecule has 0 saturated heterocycles. The van der Waals surface area contributed by atoms with Crippen LogP contribution in [0.4, 0.5) is 13.2 Å². The summed E-state index contributed by atoms with van der Waals surface area (Å²) < 4.78 is 91.0. The molecule has 4 aromatic carbocycles. The first-order valence-electron chi connectivity index (χ1n) is 13.4. The molecule has 4 aromatic rings. The van der Waals surface area contributed by atoms with E-state index in [1.807, 2.05) is 36.4 Å². The number of alkyl halides is 3. The fourth-order valence-corrected chi connectivity index (χ4v) is 6.43. The number of rotatable bonds is 13. The zero-order chi connectivity index (χ0) is 32.0. The second-order valence-electron chi connectivity index (χ2n) is 10.0. The molecule has 1 atom stereocenters. The van der Waals surface area contributed by atoms with E-state index in [-0.39, 0.29) is 4.90 Å². The fourth-order valence-electron chi connectivity index (χ4n) is 4.49. The van der Waals surface area contributed by atoms with Gasteiger partial charge in [-0.1, -0.05) is 72.3 Å². The standard InChI is InChI=1S/C31H29ClF3NO6S2/c32-26-11-4-10-25(19-26)30(37)22-36(21-24-7-2-1-3-8-24)18-6-9-23-14-16-28(17-15-23)43(38,39)29-13-5-12-27(20-29)42-44(40,41)31(33,34)35/h1-5,7-8,10-17,19-20,30,37H,6,9,18,21-22H2/t30-/m0/s1. The fraction of sp³-hybridized carbons (Fsp3) is 0.226. The molecule has 0 saturated carbocycles. The van der Waals surface area contributed by atoms with Crippen molar-refractivity contribution < 1.29 is 39.3 Å². The van der Waals surface area contributed by atoms with Crippen molar-refractivity contribution in [3.8, 4) is 5.75 Å².